The molecule has 2 heterocycles. The van der Waals surface area contributed by atoms with Crippen LogP contribution < -0.4 is 0 Å². The van der Waals surface area contributed by atoms with Gasteiger partial charge in [0.2, 0.25) is 0 Å². The molecule has 2 unspecified atom stereocenters. The van der Waals surface area contributed by atoms with Gasteiger partial charge in [0.25, 0.3) is 0 Å². The molecule has 0 aromatic carbocycles. The van der Waals surface area contributed by atoms with E-state index in [1.165, 1.54) is 4.88 Å². The van der Waals surface area contributed by atoms with Gasteiger partial charge in [0.05, 0.1) is 5.56 Å². The normalized spacial score (nSPS) is 26.6. The van der Waals surface area contributed by atoms with E-state index in [4.69, 9.17) is 5.26 Å². The fourth-order valence-corrected chi connectivity index (χ4v) is 4.39. The summed E-state index contributed by atoms with van der Waals surface area (Å²) in [7, 11) is 0. The van der Waals surface area contributed by atoms with Gasteiger partial charge in [-0.25, -0.2) is 0 Å². The second kappa shape index (κ2) is 5.22. The average Bonchev–Trinajstić information content (AvgIpc) is 2.64. The molecule has 0 spiro atoms. The van der Waals surface area contributed by atoms with Crippen LogP contribution in [0.3, 0.4) is 0 Å². The van der Waals surface area contributed by atoms with Gasteiger partial charge < -0.3 is 0 Å². The van der Waals surface area contributed by atoms with Crippen LogP contribution in [0.15, 0.2) is 11.4 Å². The number of thiophene rings is 1. The van der Waals surface area contributed by atoms with E-state index in [0.29, 0.717) is 0 Å². The third kappa shape index (κ3) is 3.00. The second-order valence-corrected chi connectivity index (χ2v) is 7.24. The molecule has 1 aliphatic heterocycles. The topological polar surface area (TPSA) is 27.0 Å². The smallest absolute Gasteiger partial charge is 0.100 e. The Morgan fingerprint density at radius 3 is 2.69 bits per heavy atom. The van der Waals surface area contributed by atoms with Gasteiger partial charge in [-0.3, -0.25) is 4.90 Å². The fraction of sp³-hybridized carbons (Fsp3) is 0.583. The summed E-state index contributed by atoms with van der Waals surface area (Å²) in [4.78, 5) is 3.81. The molecule has 1 saturated heterocycles. The Morgan fingerprint density at radius 1 is 1.44 bits per heavy atom. The Morgan fingerprint density at radius 2 is 2.12 bits per heavy atom. The number of hydrogen-bond acceptors (Lipinski definition) is 4. The van der Waals surface area contributed by atoms with Crippen LogP contribution in [0.2, 0.25) is 0 Å². The Labute approximate surface area is 105 Å². The van der Waals surface area contributed by atoms with Crippen molar-refractivity contribution >= 4 is 23.1 Å². The maximum absolute atomic E-state index is 8.78. The molecule has 1 aromatic heterocycles. The molecule has 2 atom stereocenters. The van der Waals surface area contributed by atoms with Gasteiger partial charge in [-0.1, -0.05) is 13.8 Å². The first-order valence-electron chi connectivity index (χ1n) is 5.52. The van der Waals surface area contributed by atoms with E-state index in [0.717, 1.165) is 35.7 Å². The fourth-order valence-electron chi connectivity index (χ4n) is 2.16. The Bertz CT molecular complexity index is 384. The van der Waals surface area contributed by atoms with Gasteiger partial charge in [0.15, 0.2) is 0 Å². The lowest BCUT2D eigenvalue weighted by Crippen LogP contribution is -2.39. The van der Waals surface area contributed by atoms with Crippen molar-refractivity contribution in [1.29, 1.82) is 5.26 Å². The molecule has 0 saturated carbocycles. The molecule has 1 aliphatic rings. The average molecular weight is 252 g/mol. The van der Waals surface area contributed by atoms with Gasteiger partial charge in [0, 0.05) is 40.4 Å². The molecule has 1 fully saturated rings. The molecule has 2 rings (SSSR count). The third-order valence-electron chi connectivity index (χ3n) is 2.66. The van der Waals surface area contributed by atoms with Crippen LogP contribution in [0.4, 0.5) is 0 Å². The second-order valence-electron chi connectivity index (χ2n) is 4.36. The molecule has 0 amide bonds. The SMILES string of the molecule is CC1CN(Cc2cc(C#N)cs2)CC(C)S1. The summed E-state index contributed by atoms with van der Waals surface area (Å²) in [6, 6.07) is 4.21. The zero-order valence-corrected chi connectivity index (χ0v) is 11.3. The summed E-state index contributed by atoms with van der Waals surface area (Å²) in [6.07, 6.45) is 0. The molecule has 16 heavy (non-hydrogen) atoms. The van der Waals surface area contributed by atoms with Gasteiger partial charge in [-0.2, -0.15) is 17.0 Å². The third-order valence-corrected chi connectivity index (χ3v) is 4.81. The quantitative estimate of drug-likeness (QED) is 0.810. The van der Waals surface area contributed by atoms with E-state index in [1.54, 1.807) is 11.3 Å². The minimum atomic E-state index is 0.721. The summed E-state index contributed by atoms with van der Waals surface area (Å²) in [5.41, 5.74) is 0.799. The predicted molar refractivity (Wildman–Crippen MR) is 70.8 cm³/mol. The van der Waals surface area contributed by atoms with Crippen molar-refractivity contribution in [2.45, 2.75) is 30.9 Å². The molecule has 2 nitrogen and oxygen atoms in total. The largest absolute Gasteiger partial charge is 0.296 e. The summed E-state index contributed by atoms with van der Waals surface area (Å²) >= 11 is 3.77. The van der Waals surface area contributed by atoms with Gasteiger partial charge in [-0.05, 0) is 6.07 Å². The van der Waals surface area contributed by atoms with Crippen molar-refractivity contribution in [3.8, 4) is 6.07 Å². The summed E-state index contributed by atoms with van der Waals surface area (Å²) in [5, 5.41) is 12.2. The number of thioether (sulfide) groups is 1. The maximum Gasteiger partial charge on any atom is 0.100 e. The molecule has 0 radical (unpaired) electrons. The molecule has 4 heteroatoms. The maximum atomic E-state index is 8.78. The van der Waals surface area contributed by atoms with Crippen LogP contribution >= 0.6 is 23.1 Å². The summed E-state index contributed by atoms with van der Waals surface area (Å²) < 4.78 is 0. The first kappa shape index (κ1) is 12.0. The Balaban J connectivity index is 1.96. The zero-order chi connectivity index (χ0) is 11.5. The van der Waals surface area contributed by atoms with Crippen molar-refractivity contribution in [2.75, 3.05) is 13.1 Å². The number of nitriles is 1. The minimum Gasteiger partial charge on any atom is -0.296 e. The van der Waals surface area contributed by atoms with E-state index in [2.05, 4.69) is 36.6 Å². The number of rotatable bonds is 2. The van der Waals surface area contributed by atoms with E-state index < -0.39 is 0 Å². The highest BCUT2D eigenvalue weighted by atomic mass is 32.2. The lowest BCUT2D eigenvalue weighted by molar-refractivity contribution is 0.265. The van der Waals surface area contributed by atoms with E-state index in [-0.39, 0.29) is 0 Å². The van der Waals surface area contributed by atoms with Crippen molar-refractivity contribution in [3.63, 3.8) is 0 Å². The van der Waals surface area contributed by atoms with Gasteiger partial charge in [0.1, 0.15) is 6.07 Å². The lowest BCUT2D eigenvalue weighted by Gasteiger charge is -2.34. The standard InChI is InChI=1S/C12H16N2S2/c1-9-5-14(6-10(2)16-9)7-12-3-11(4-13)8-15-12/h3,8-10H,5-7H2,1-2H3. The van der Waals surface area contributed by atoms with Crippen molar-refractivity contribution in [1.82, 2.24) is 4.90 Å². The minimum absolute atomic E-state index is 0.721. The van der Waals surface area contributed by atoms with Crippen molar-refractivity contribution in [2.24, 2.45) is 0 Å². The van der Waals surface area contributed by atoms with E-state index >= 15 is 0 Å². The monoisotopic (exact) mass is 252 g/mol. The predicted octanol–water partition coefficient (Wildman–Crippen LogP) is 2.95. The van der Waals surface area contributed by atoms with Crippen LogP contribution in [0.5, 0.6) is 0 Å². The van der Waals surface area contributed by atoms with E-state index in [1.807, 2.05) is 11.4 Å². The molecular weight excluding hydrogens is 236 g/mol. The lowest BCUT2D eigenvalue weighted by atomic mass is 10.3. The summed E-state index contributed by atoms with van der Waals surface area (Å²) in [5.74, 6) is 0. The van der Waals surface area contributed by atoms with Crippen LogP contribution in [0.25, 0.3) is 0 Å². The highest BCUT2D eigenvalue weighted by molar-refractivity contribution is 8.00. The molecule has 1 aromatic rings. The molecule has 86 valence electrons. The van der Waals surface area contributed by atoms with Gasteiger partial charge in [-0.15, -0.1) is 11.3 Å². The first-order chi connectivity index (χ1) is 7.67. The Kier molecular flexibility index (Phi) is 3.91. The highest BCUT2D eigenvalue weighted by Gasteiger charge is 2.22. The zero-order valence-electron chi connectivity index (χ0n) is 9.64. The molecule has 0 aliphatic carbocycles. The van der Waals surface area contributed by atoms with Crippen LogP contribution in [-0.2, 0) is 6.54 Å². The highest BCUT2D eigenvalue weighted by Crippen LogP contribution is 2.26. The molecular formula is C12H16N2S2. The van der Waals surface area contributed by atoms with Crippen LogP contribution in [0, 0.1) is 11.3 Å². The Hall–Kier alpha value is -0.500. The van der Waals surface area contributed by atoms with Crippen molar-refractivity contribution < 1.29 is 0 Å². The van der Waals surface area contributed by atoms with Crippen LogP contribution in [0.1, 0.15) is 24.3 Å². The molecule has 0 N–H and O–H groups in total. The van der Waals surface area contributed by atoms with E-state index in [9.17, 15) is 0 Å². The molecule has 0 bridgehead atoms. The van der Waals surface area contributed by atoms with Gasteiger partial charge >= 0.3 is 0 Å². The number of hydrogen-bond donors (Lipinski definition) is 0. The van der Waals surface area contributed by atoms with Crippen LogP contribution in [-0.4, -0.2) is 28.5 Å². The number of nitrogens with zero attached hydrogens (tertiary/aromatic N) is 2. The van der Waals surface area contributed by atoms with Crippen molar-refractivity contribution in [3.05, 3.63) is 21.9 Å². The summed E-state index contributed by atoms with van der Waals surface area (Å²) in [6.45, 7) is 7.91. The first-order valence-corrected chi connectivity index (χ1v) is 7.35.